The number of ether oxygens (including phenoxy) is 1. The highest BCUT2D eigenvalue weighted by atomic mass is 32.2. The lowest BCUT2D eigenvalue weighted by molar-refractivity contribution is 0.0432. The van der Waals surface area contributed by atoms with Crippen LogP contribution in [0, 0.1) is 0 Å². The third-order valence-electron chi connectivity index (χ3n) is 1.76. The Morgan fingerprint density at radius 3 is 2.87 bits per heavy atom. The van der Waals surface area contributed by atoms with Crippen molar-refractivity contribution < 1.29 is 14.9 Å². The molecule has 0 aliphatic heterocycles. The van der Waals surface area contributed by atoms with Gasteiger partial charge in [0.05, 0.1) is 12.7 Å². The zero-order chi connectivity index (χ0) is 11.4. The Hall–Kier alpha value is 0.190. The molecule has 0 aromatic carbocycles. The Morgan fingerprint density at radius 2 is 2.20 bits per heavy atom. The van der Waals surface area contributed by atoms with Crippen LogP contribution in [0.3, 0.4) is 0 Å². The summed E-state index contributed by atoms with van der Waals surface area (Å²) in [5.41, 5.74) is 0. The van der Waals surface area contributed by atoms with Crippen molar-refractivity contribution in [1.82, 2.24) is 5.32 Å². The van der Waals surface area contributed by atoms with Crippen LogP contribution in [-0.2, 0) is 4.74 Å². The second-order valence-corrected chi connectivity index (χ2v) is 4.43. The second kappa shape index (κ2) is 12.3. The topological polar surface area (TPSA) is 61.7 Å². The molecule has 0 saturated heterocycles. The number of thioether (sulfide) groups is 1. The van der Waals surface area contributed by atoms with Gasteiger partial charge in [0.2, 0.25) is 0 Å². The Bertz CT molecular complexity index is 127. The largest absolute Gasteiger partial charge is 0.396 e. The van der Waals surface area contributed by atoms with E-state index in [-0.39, 0.29) is 6.61 Å². The van der Waals surface area contributed by atoms with Crippen LogP contribution in [0.1, 0.15) is 13.3 Å². The van der Waals surface area contributed by atoms with Crippen LogP contribution in [0.4, 0.5) is 0 Å². The minimum Gasteiger partial charge on any atom is -0.396 e. The maximum atomic E-state index is 9.39. The van der Waals surface area contributed by atoms with Crippen molar-refractivity contribution in [3.8, 4) is 0 Å². The van der Waals surface area contributed by atoms with Crippen LogP contribution < -0.4 is 5.32 Å². The van der Waals surface area contributed by atoms with E-state index in [9.17, 15) is 5.11 Å². The van der Waals surface area contributed by atoms with Crippen molar-refractivity contribution in [2.24, 2.45) is 0 Å². The second-order valence-electron chi connectivity index (χ2n) is 3.21. The van der Waals surface area contributed by atoms with Gasteiger partial charge in [-0.25, -0.2) is 0 Å². The van der Waals surface area contributed by atoms with E-state index in [0.717, 1.165) is 24.5 Å². The first kappa shape index (κ1) is 15.2. The van der Waals surface area contributed by atoms with Crippen LogP contribution in [0.5, 0.6) is 0 Å². The zero-order valence-corrected chi connectivity index (χ0v) is 10.3. The molecule has 1 unspecified atom stereocenters. The summed E-state index contributed by atoms with van der Waals surface area (Å²) in [7, 11) is 0. The molecule has 0 amide bonds. The lowest BCUT2D eigenvalue weighted by Gasteiger charge is -2.11. The monoisotopic (exact) mass is 237 g/mol. The van der Waals surface area contributed by atoms with E-state index in [4.69, 9.17) is 9.84 Å². The van der Waals surface area contributed by atoms with Crippen molar-refractivity contribution in [2.45, 2.75) is 19.4 Å². The van der Waals surface area contributed by atoms with E-state index in [2.05, 4.69) is 5.32 Å². The Balaban J connectivity index is 3.02. The molecule has 15 heavy (non-hydrogen) atoms. The fourth-order valence-corrected chi connectivity index (χ4v) is 1.82. The summed E-state index contributed by atoms with van der Waals surface area (Å²) in [6.45, 7) is 4.71. The lowest BCUT2D eigenvalue weighted by Crippen LogP contribution is -2.31. The molecule has 0 fully saturated rings. The molecule has 0 radical (unpaired) electrons. The maximum absolute atomic E-state index is 9.39. The van der Waals surface area contributed by atoms with Crippen LogP contribution in [0.15, 0.2) is 0 Å². The average Bonchev–Trinajstić information content (AvgIpc) is 2.25. The minimum absolute atomic E-state index is 0.271. The molecular formula is C10H23NO3S. The summed E-state index contributed by atoms with van der Waals surface area (Å²) in [5.74, 6) is 2.01. The molecule has 0 rings (SSSR count). The van der Waals surface area contributed by atoms with E-state index >= 15 is 0 Å². The van der Waals surface area contributed by atoms with Gasteiger partial charge in [-0.3, -0.25) is 0 Å². The average molecular weight is 237 g/mol. The van der Waals surface area contributed by atoms with E-state index < -0.39 is 6.10 Å². The molecule has 4 nitrogen and oxygen atoms in total. The smallest absolute Gasteiger partial charge is 0.0897 e. The van der Waals surface area contributed by atoms with Gasteiger partial charge in [0, 0.05) is 32.1 Å². The quantitative estimate of drug-likeness (QED) is 0.445. The summed E-state index contributed by atoms with van der Waals surface area (Å²) >= 11 is 1.81. The summed E-state index contributed by atoms with van der Waals surface area (Å²) in [6.07, 6.45) is 0.449. The summed E-state index contributed by atoms with van der Waals surface area (Å²) in [6, 6.07) is 0. The van der Waals surface area contributed by atoms with Crippen molar-refractivity contribution in [3.05, 3.63) is 0 Å². The van der Waals surface area contributed by atoms with Crippen molar-refractivity contribution >= 4 is 11.8 Å². The van der Waals surface area contributed by atoms with Crippen LogP contribution in [0.2, 0.25) is 0 Å². The number of rotatable bonds is 11. The molecule has 92 valence electrons. The van der Waals surface area contributed by atoms with E-state index in [1.165, 1.54) is 0 Å². The zero-order valence-electron chi connectivity index (χ0n) is 9.45. The Kier molecular flexibility index (Phi) is 12.4. The molecule has 0 aliphatic rings. The molecule has 1 atom stereocenters. The van der Waals surface area contributed by atoms with Gasteiger partial charge < -0.3 is 20.3 Å². The van der Waals surface area contributed by atoms with Gasteiger partial charge in [-0.2, -0.15) is 11.8 Å². The van der Waals surface area contributed by atoms with E-state index in [1.54, 1.807) is 0 Å². The lowest BCUT2D eigenvalue weighted by atomic mass is 10.4. The van der Waals surface area contributed by atoms with Gasteiger partial charge in [0.25, 0.3) is 0 Å². The number of hydrogen-bond donors (Lipinski definition) is 3. The highest BCUT2D eigenvalue weighted by Crippen LogP contribution is 1.99. The number of aliphatic hydroxyl groups excluding tert-OH is 2. The van der Waals surface area contributed by atoms with E-state index in [0.29, 0.717) is 19.8 Å². The van der Waals surface area contributed by atoms with Gasteiger partial charge in [0.15, 0.2) is 0 Å². The Morgan fingerprint density at radius 1 is 1.40 bits per heavy atom. The summed E-state index contributed by atoms with van der Waals surface area (Å²) < 4.78 is 5.08. The third-order valence-corrected chi connectivity index (χ3v) is 2.83. The predicted octanol–water partition coefficient (Wildman–Crippen LogP) is 0.0890. The standard InChI is InChI=1S/C10H23NO3S/c1-2-14-9-10(13)8-11-4-7-15-6-3-5-12/h10-13H,2-9H2,1H3. The van der Waals surface area contributed by atoms with Crippen LogP contribution in [0.25, 0.3) is 0 Å². The third kappa shape index (κ3) is 12.1. The summed E-state index contributed by atoms with van der Waals surface area (Å²) in [4.78, 5) is 0. The number of hydrogen-bond acceptors (Lipinski definition) is 5. The Labute approximate surface area is 96.4 Å². The van der Waals surface area contributed by atoms with Crippen LogP contribution >= 0.6 is 11.8 Å². The molecule has 0 aliphatic carbocycles. The maximum Gasteiger partial charge on any atom is 0.0897 e. The number of nitrogens with one attached hydrogen (secondary N) is 1. The molecular weight excluding hydrogens is 214 g/mol. The fraction of sp³-hybridized carbons (Fsp3) is 1.00. The summed E-state index contributed by atoms with van der Waals surface area (Å²) in [5, 5.41) is 21.1. The minimum atomic E-state index is -0.410. The van der Waals surface area contributed by atoms with Gasteiger partial charge in [-0.15, -0.1) is 0 Å². The first-order valence-electron chi connectivity index (χ1n) is 5.46. The van der Waals surface area contributed by atoms with Gasteiger partial charge >= 0.3 is 0 Å². The van der Waals surface area contributed by atoms with Crippen LogP contribution in [-0.4, -0.2) is 60.7 Å². The highest BCUT2D eigenvalue weighted by Gasteiger charge is 2.01. The van der Waals surface area contributed by atoms with Crippen molar-refractivity contribution in [2.75, 3.05) is 44.4 Å². The van der Waals surface area contributed by atoms with Crippen molar-refractivity contribution in [1.29, 1.82) is 0 Å². The highest BCUT2D eigenvalue weighted by molar-refractivity contribution is 7.99. The molecule has 0 heterocycles. The van der Waals surface area contributed by atoms with Gasteiger partial charge in [-0.05, 0) is 19.1 Å². The first-order chi connectivity index (χ1) is 7.31. The molecule has 0 aromatic heterocycles. The van der Waals surface area contributed by atoms with Crippen molar-refractivity contribution in [3.63, 3.8) is 0 Å². The molecule has 5 heteroatoms. The molecule has 0 saturated carbocycles. The molecule has 0 aromatic rings. The normalized spacial score (nSPS) is 13.0. The molecule has 0 bridgehead atoms. The van der Waals surface area contributed by atoms with Gasteiger partial charge in [0.1, 0.15) is 0 Å². The SMILES string of the molecule is CCOCC(O)CNCCSCCCO. The van der Waals surface area contributed by atoms with Gasteiger partial charge in [-0.1, -0.05) is 0 Å². The fourth-order valence-electron chi connectivity index (χ4n) is 0.994. The first-order valence-corrected chi connectivity index (χ1v) is 6.61. The molecule has 3 N–H and O–H groups in total. The number of aliphatic hydroxyl groups is 2. The predicted molar refractivity (Wildman–Crippen MR) is 64.4 cm³/mol. The van der Waals surface area contributed by atoms with E-state index in [1.807, 2.05) is 18.7 Å². The molecule has 0 spiro atoms.